The zero-order chi connectivity index (χ0) is 15.2. The minimum atomic E-state index is -1.06. The van der Waals surface area contributed by atoms with E-state index in [1.54, 1.807) is 0 Å². The van der Waals surface area contributed by atoms with Gasteiger partial charge >= 0.3 is 5.97 Å². The Morgan fingerprint density at radius 3 is 1.90 bits per heavy atom. The number of hydrogen-bond donors (Lipinski definition) is 0. The van der Waals surface area contributed by atoms with Gasteiger partial charge in [-0.15, -0.1) is 0 Å². The largest absolute Gasteiger partial charge is 0.460 e. The van der Waals surface area contributed by atoms with E-state index in [-0.39, 0.29) is 6.10 Å². The number of unbranched alkanes of at least 4 members (excludes halogenated alkanes) is 7. The fourth-order valence-electron chi connectivity index (χ4n) is 2.31. The predicted octanol–water partition coefficient (Wildman–Crippen LogP) is 6.03. The smallest absolute Gasteiger partial charge is 0.339 e. The number of carbonyl (C=O) groups is 1. The Morgan fingerprint density at radius 1 is 0.850 bits per heavy atom. The second kappa shape index (κ2) is 14.0. The summed E-state index contributed by atoms with van der Waals surface area (Å²) in [6, 6.07) is 0. The van der Waals surface area contributed by atoms with Gasteiger partial charge in [0, 0.05) is 0 Å². The van der Waals surface area contributed by atoms with Crippen molar-refractivity contribution in [3.63, 3.8) is 0 Å². The van der Waals surface area contributed by atoms with E-state index in [1.165, 1.54) is 44.9 Å². The number of alkyl halides is 2. The van der Waals surface area contributed by atoms with Crippen LogP contribution in [0.25, 0.3) is 0 Å². The summed E-state index contributed by atoms with van der Waals surface area (Å²) in [4.78, 5) is 10.3. The van der Waals surface area contributed by atoms with Gasteiger partial charge in [0.25, 0.3) is 0 Å². The monoisotopic (exact) mass is 324 g/mol. The van der Waals surface area contributed by atoms with Crippen LogP contribution in [0.5, 0.6) is 0 Å². The molecule has 120 valence electrons. The van der Waals surface area contributed by atoms with Crippen molar-refractivity contribution in [3.05, 3.63) is 0 Å². The van der Waals surface area contributed by atoms with Crippen molar-refractivity contribution in [2.75, 3.05) is 0 Å². The highest BCUT2D eigenvalue weighted by molar-refractivity contribution is 6.52. The highest BCUT2D eigenvalue weighted by Gasteiger charge is 2.18. The molecule has 4 heteroatoms. The van der Waals surface area contributed by atoms with Gasteiger partial charge in [0.15, 0.2) is 0 Å². The first-order valence-electron chi connectivity index (χ1n) is 8.10. The quantitative estimate of drug-likeness (QED) is 0.235. The molecule has 0 aliphatic rings. The summed E-state index contributed by atoms with van der Waals surface area (Å²) in [6.45, 7) is 4.33. The molecule has 0 saturated heterocycles. The maximum Gasteiger partial charge on any atom is 0.339 e. The molecule has 0 aliphatic carbocycles. The number of halogens is 2. The summed E-state index contributed by atoms with van der Waals surface area (Å²) >= 11 is 11.0. The van der Waals surface area contributed by atoms with E-state index in [2.05, 4.69) is 13.8 Å². The number of rotatable bonds is 13. The molecule has 0 aromatic heterocycles. The Kier molecular flexibility index (Phi) is 14.0. The lowest BCUT2D eigenvalue weighted by Crippen LogP contribution is -2.22. The molecule has 0 bridgehead atoms. The van der Waals surface area contributed by atoms with Gasteiger partial charge in [-0.05, 0) is 19.3 Å². The predicted molar refractivity (Wildman–Crippen MR) is 87.5 cm³/mol. The molecular weight excluding hydrogens is 295 g/mol. The molecule has 0 aromatic rings. The topological polar surface area (TPSA) is 26.3 Å². The molecule has 1 unspecified atom stereocenters. The highest BCUT2D eigenvalue weighted by atomic mass is 35.5. The van der Waals surface area contributed by atoms with Crippen LogP contribution in [-0.4, -0.2) is 16.9 Å². The first kappa shape index (κ1) is 20.1. The van der Waals surface area contributed by atoms with Crippen LogP contribution in [0.15, 0.2) is 0 Å². The summed E-state index contributed by atoms with van der Waals surface area (Å²) in [5.74, 6) is -0.508. The van der Waals surface area contributed by atoms with Gasteiger partial charge in [-0.2, -0.15) is 0 Å². The highest BCUT2D eigenvalue weighted by Crippen LogP contribution is 2.16. The van der Waals surface area contributed by atoms with Crippen LogP contribution in [-0.2, 0) is 9.53 Å². The molecule has 0 aliphatic heterocycles. The van der Waals surface area contributed by atoms with Gasteiger partial charge in [-0.3, -0.25) is 0 Å². The second-order valence-corrected chi connectivity index (χ2v) is 6.51. The van der Waals surface area contributed by atoms with Gasteiger partial charge in [-0.25, -0.2) is 4.79 Å². The van der Waals surface area contributed by atoms with Crippen LogP contribution in [0.1, 0.15) is 84.5 Å². The summed E-state index contributed by atoms with van der Waals surface area (Å²) in [5, 5.41) is 0. The van der Waals surface area contributed by atoms with E-state index in [0.717, 1.165) is 25.7 Å². The van der Waals surface area contributed by atoms with Gasteiger partial charge in [-0.1, -0.05) is 88.4 Å². The van der Waals surface area contributed by atoms with Crippen molar-refractivity contribution in [1.82, 2.24) is 0 Å². The van der Waals surface area contributed by atoms with Crippen LogP contribution < -0.4 is 0 Å². The lowest BCUT2D eigenvalue weighted by molar-refractivity contribution is -0.147. The third-order valence-electron chi connectivity index (χ3n) is 3.45. The van der Waals surface area contributed by atoms with Crippen molar-refractivity contribution in [2.45, 2.75) is 95.4 Å². The van der Waals surface area contributed by atoms with Crippen LogP contribution in [0.3, 0.4) is 0 Å². The van der Waals surface area contributed by atoms with Crippen molar-refractivity contribution in [3.8, 4) is 0 Å². The molecular formula is C16H30Cl2O2. The Bertz CT molecular complexity index is 233. The molecule has 0 spiro atoms. The summed E-state index contributed by atoms with van der Waals surface area (Å²) in [7, 11) is 0. The molecule has 0 rings (SSSR count). The van der Waals surface area contributed by atoms with E-state index in [9.17, 15) is 4.79 Å². The van der Waals surface area contributed by atoms with Crippen molar-refractivity contribution < 1.29 is 9.53 Å². The SMILES string of the molecule is CCCCCCCCCCC(CCC)OC(=O)C(Cl)Cl. The number of esters is 1. The van der Waals surface area contributed by atoms with E-state index in [0.29, 0.717) is 0 Å². The van der Waals surface area contributed by atoms with Crippen molar-refractivity contribution >= 4 is 29.2 Å². The maximum absolute atomic E-state index is 11.4. The normalized spacial score (nSPS) is 12.7. The maximum atomic E-state index is 11.4. The second-order valence-electron chi connectivity index (χ2n) is 5.41. The standard InChI is InChI=1S/C16H30Cl2O2/c1-3-5-6-7-8-9-10-11-13-14(12-4-2)20-16(19)15(17)18/h14-15H,3-13H2,1-2H3. The zero-order valence-corrected chi connectivity index (χ0v) is 14.5. The lowest BCUT2D eigenvalue weighted by atomic mass is 10.0. The molecule has 0 heterocycles. The average Bonchev–Trinajstić information content (AvgIpc) is 2.41. The van der Waals surface area contributed by atoms with Crippen molar-refractivity contribution in [2.24, 2.45) is 0 Å². The zero-order valence-electron chi connectivity index (χ0n) is 13.0. The fourth-order valence-corrected chi connectivity index (χ4v) is 2.41. The molecule has 0 fully saturated rings. The number of ether oxygens (including phenoxy) is 1. The van der Waals surface area contributed by atoms with Gasteiger partial charge in [0.2, 0.25) is 4.84 Å². The number of carbonyl (C=O) groups excluding carboxylic acids is 1. The summed E-state index contributed by atoms with van der Waals surface area (Å²) < 4.78 is 5.31. The average molecular weight is 325 g/mol. The molecule has 2 nitrogen and oxygen atoms in total. The lowest BCUT2D eigenvalue weighted by Gasteiger charge is -2.17. The summed E-state index contributed by atoms with van der Waals surface area (Å²) in [6.07, 6.45) is 13.1. The van der Waals surface area contributed by atoms with Crippen LogP contribution in [0, 0.1) is 0 Å². The Morgan fingerprint density at radius 2 is 1.40 bits per heavy atom. The molecule has 0 radical (unpaired) electrons. The molecule has 20 heavy (non-hydrogen) atoms. The van der Waals surface area contributed by atoms with Crippen molar-refractivity contribution in [1.29, 1.82) is 0 Å². The van der Waals surface area contributed by atoms with Gasteiger partial charge in [0.05, 0.1) is 0 Å². The molecule has 0 aromatic carbocycles. The van der Waals surface area contributed by atoms with Crippen LogP contribution >= 0.6 is 23.2 Å². The minimum Gasteiger partial charge on any atom is -0.460 e. The Labute approximate surface area is 134 Å². The Balaban J connectivity index is 3.62. The minimum absolute atomic E-state index is 0.0207. The molecule has 0 N–H and O–H groups in total. The number of hydrogen-bond acceptors (Lipinski definition) is 2. The van der Waals surface area contributed by atoms with E-state index < -0.39 is 10.8 Å². The molecule has 1 atom stereocenters. The Hall–Kier alpha value is 0.0500. The van der Waals surface area contributed by atoms with Gasteiger partial charge < -0.3 is 4.74 Å². The van der Waals surface area contributed by atoms with E-state index >= 15 is 0 Å². The molecule has 0 saturated carbocycles. The summed E-state index contributed by atoms with van der Waals surface area (Å²) in [5.41, 5.74) is 0. The van der Waals surface area contributed by atoms with E-state index in [4.69, 9.17) is 27.9 Å². The van der Waals surface area contributed by atoms with E-state index in [1.807, 2.05) is 0 Å². The third kappa shape index (κ3) is 11.8. The fraction of sp³-hybridized carbons (Fsp3) is 0.938. The first-order chi connectivity index (χ1) is 9.61. The third-order valence-corrected chi connectivity index (χ3v) is 3.81. The van der Waals surface area contributed by atoms with Crippen LogP contribution in [0.2, 0.25) is 0 Å². The van der Waals surface area contributed by atoms with Gasteiger partial charge in [0.1, 0.15) is 6.10 Å². The first-order valence-corrected chi connectivity index (χ1v) is 8.97. The molecule has 0 amide bonds. The van der Waals surface area contributed by atoms with Crippen LogP contribution in [0.4, 0.5) is 0 Å².